The summed E-state index contributed by atoms with van der Waals surface area (Å²) in [7, 11) is -7.84. The van der Waals surface area contributed by atoms with E-state index in [1.807, 2.05) is 59.7 Å². The minimum absolute atomic E-state index is 0.106. The quantitative estimate of drug-likeness (QED) is 0.272. The number of carbonyl (C=O) groups is 2. The van der Waals surface area contributed by atoms with Crippen LogP contribution in [0.2, 0.25) is 0 Å². The van der Waals surface area contributed by atoms with E-state index in [0.29, 0.717) is 0 Å². The minimum atomic E-state index is -3.92. The second-order valence-electron chi connectivity index (χ2n) is 9.83. The fourth-order valence-corrected chi connectivity index (χ4v) is 7.12. The summed E-state index contributed by atoms with van der Waals surface area (Å²) in [5.41, 5.74) is 2.43. The van der Waals surface area contributed by atoms with Gasteiger partial charge in [0.25, 0.3) is 11.8 Å². The molecule has 2 heterocycles. The zero-order valence-corrected chi connectivity index (χ0v) is 24.3. The molecule has 0 aromatic heterocycles. The Balaban J connectivity index is 0.000000168. The van der Waals surface area contributed by atoms with Crippen LogP contribution in [0.4, 0.5) is 11.4 Å². The molecule has 42 heavy (non-hydrogen) atoms. The van der Waals surface area contributed by atoms with Crippen molar-refractivity contribution in [1.29, 1.82) is 0 Å². The lowest BCUT2D eigenvalue weighted by atomic mass is 10.0. The van der Waals surface area contributed by atoms with Gasteiger partial charge in [0.05, 0.1) is 11.4 Å². The molecule has 0 unspecified atom stereocenters. The summed E-state index contributed by atoms with van der Waals surface area (Å²) in [4.78, 5) is 22.6. The number of hydrogen-bond acceptors (Lipinski definition) is 8. The van der Waals surface area contributed by atoms with Gasteiger partial charge in [-0.2, -0.15) is 16.8 Å². The summed E-state index contributed by atoms with van der Waals surface area (Å²) in [6.07, 6.45) is 1.71. The third-order valence-electron chi connectivity index (χ3n) is 6.99. The SMILES string of the molecule is CCc1ccc2cc(O)c(N3CC(=O)NS3(=O)=O)cc2c1.CCc1ccc2cc(O)c(N3CC(=O)NS3(=O)=O)cc2c1. The molecule has 2 aliphatic rings. The zero-order chi connectivity index (χ0) is 30.4. The normalized spacial score (nSPS) is 17.2. The van der Waals surface area contributed by atoms with Crippen LogP contribution in [-0.4, -0.2) is 52.0 Å². The number of amides is 2. The Kier molecular flexibility index (Phi) is 7.37. The summed E-state index contributed by atoms with van der Waals surface area (Å²) in [5, 5.41) is 23.4. The summed E-state index contributed by atoms with van der Waals surface area (Å²) in [5.74, 6) is -1.58. The molecule has 0 atom stereocenters. The second kappa shape index (κ2) is 10.7. The second-order valence-corrected chi connectivity index (χ2v) is 13.0. The van der Waals surface area contributed by atoms with Crippen LogP contribution in [0, 0.1) is 0 Å². The molecule has 6 rings (SSSR count). The van der Waals surface area contributed by atoms with E-state index in [1.54, 1.807) is 12.1 Å². The van der Waals surface area contributed by atoms with E-state index in [-0.39, 0.29) is 36.0 Å². The van der Waals surface area contributed by atoms with Gasteiger partial charge in [0, 0.05) is 0 Å². The highest BCUT2D eigenvalue weighted by Crippen LogP contribution is 2.36. The molecule has 0 spiro atoms. The number of carbonyl (C=O) groups excluding carboxylic acids is 2. The average molecular weight is 613 g/mol. The maximum atomic E-state index is 11.9. The lowest BCUT2D eigenvalue weighted by Gasteiger charge is -2.17. The predicted molar refractivity (Wildman–Crippen MR) is 159 cm³/mol. The molecular weight excluding hydrogens is 584 g/mol. The van der Waals surface area contributed by atoms with Gasteiger partial charge in [-0.25, -0.2) is 18.1 Å². The van der Waals surface area contributed by atoms with Crippen LogP contribution in [0.5, 0.6) is 11.5 Å². The number of rotatable bonds is 4. The molecule has 4 aromatic rings. The molecule has 0 aliphatic carbocycles. The summed E-state index contributed by atoms with van der Waals surface area (Å²) in [6.45, 7) is 3.40. The molecule has 2 aliphatic heterocycles. The number of phenolic OH excluding ortho intramolecular Hbond substituents is 2. The molecule has 4 N–H and O–H groups in total. The van der Waals surface area contributed by atoms with Gasteiger partial charge in [-0.3, -0.25) is 9.59 Å². The molecule has 14 heteroatoms. The van der Waals surface area contributed by atoms with Crippen LogP contribution in [0.3, 0.4) is 0 Å². The maximum absolute atomic E-state index is 11.9. The van der Waals surface area contributed by atoms with Crippen LogP contribution in [0.25, 0.3) is 21.5 Å². The summed E-state index contributed by atoms with van der Waals surface area (Å²) in [6, 6.07) is 17.7. The first-order chi connectivity index (χ1) is 19.8. The summed E-state index contributed by atoms with van der Waals surface area (Å²) < 4.78 is 53.0. The van der Waals surface area contributed by atoms with E-state index >= 15 is 0 Å². The largest absolute Gasteiger partial charge is 0.506 e. The fourth-order valence-electron chi connectivity index (χ4n) is 4.81. The molecule has 0 radical (unpaired) electrons. The molecule has 2 amide bonds. The van der Waals surface area contributed by atoms with Crippen LogP contribution in [-0.2, 0) is 42.8 Å². The topological polar surface area (TPSA) is 173 Å². The average Bonchev–Trinajstić information content (AvgIpc) is 3.37. The van der Waals surface area contributed by atoms with Gasteiger partial charge in [0.1, 0.15) is 24.6 Å². The van der Waals surface area contributed by atoms with Crippen LogP contribution in [0.1, 0.15) is 25.0 Å². The third kappa shape index (κ3) is 5.50. The van der Waals surface area contributed by atoms with Gasteiger partial charge in [0.2, 0.25) is 0 Å². The number of anilines is 2. The van der Waals surface area contributed by atoms with E-state index in [1.165, 1.54) is 12.1 Å². The fraction of sp³-hybridized carbons (Fsp3) is 0.214. The van der Waals surface area contributed by atoms with E-state index in [0.717, 1.165) is 54.1 Å². The molecule has 0 saturated carbocycles. The molecule has 12 nitrogen and oxygen atoms in total. The molecule has 4 aromatic carbocycles. The number of aromatic hydroxyl groups is 2. The van der Waals surface area contributed by atoms with Crippen molar-refractivity contribution < 1.29 is 36.6 Å². The van der Waals surface area contributed by atoms with Gasteiger partial charge < -0.3 is 10.2 Å². The lowest BCUT2D eigenvalue weighted by Crippen LogP contribution is -2.29. The van der Waals surface area contributed by atoms with Crippen molar-refractivity contribution in [2.45, 2.75) is 26.7 Å². The summed E-state index contributed by atoms with van der Waals surface area (Å²) >= 11 is 0. The molecule has 220 valence electrons. The maximum Gasteiger partial charge on any atom is 0.326 e. The van der Waals surface area contributed by atoms with E-state index in [4.69, 9.17) is 0 Å². The van der Waals surface area contributed by atoms with E-state index < -0.39 is 32.2 Å². The van der Waals surface area contributed by atoms with E-state index in [9.17, 15) is 36.6 Å². The van der Waals surface area contributed by atoms with Crippen molar-refractivity contribution in [3.63, 3.8) is 0 Å². The van der Waals surface area contributed by atoms with Crippen LogP contribution < -0.4 is 18.1 Å². The molecule has 0 bridgehead atoms. The Labute approximate surface area is 242 Å². The van der Waals surface area contributed by atoms with Crippen LogP contribution >= 0.6 is 0 Å². The highest BCUT2D eigenvalue weighted by molar-refractivity contribution is 7.92. The van der Waals surface area contributed by atoms with Crippen molar-refractivity contribution in [3.05, 3.63) is 71.8 Å². The van der Waals surface area contributed by atoms with Crippen molar-refractivity contribution >= 4 is 65.2 Å². The van der Waals surface area contributed by atoms with Crippen molar-refractivity contribution in [2.75, 3.05) is 21.7 Å². The minimum Gasteiger partial charge on any atom is -0.506 e. The predicted octanol–water partition coefficient (Wildman–Crippen LogP) is 2.58. The third-order valence-corrected chi connectivity index (χ3v) is 9.77. The number of fused-ring (bicyclic) bond motifs is 2. The number of aryl methyl sites for hydroxylation is 2. The Morgan fingerprint density at radius 2 is 1.00 bits per heavy atom. The smallest absolute Gasteiger partial charge is 0.326 e. The van der Waals surface area contributed by atoms with E-state index in [2.05, 4.69) is 0 Å². The number of nitrogens with zero attached hydrogens (tertiary/aromatic N) is 2. The monoisotopic (exact) mass is 612 g/mol. The van der Waals surface area contributed by atoms with Gasteiger partial charge in [-0.05, 0) is 69.8 Å². The lowest BCUT2D eigenvalue weighted by molar-refractivity contribution is -0.118. The first-order valence-corrected chi connectivity index (χ1v) is 15.9. The van der Waals surface area contributed by atoms with Crippen molar-refractivity contribution in [2.24, 2.45) is 0 Å². The zero-order valence-electron chi connectivity index (χ0n) is 22.7. The number of benzene rings is 4. The Morgan fingerprint density at radius 1 is 0.619 bits per heavy atom. The molecule has 2 fully saturated rings. The van der Waals surface area contributed by atoms with Gasteiger partial charge in [-0.1, -0.05) is 50.2 Å². The van der Waals surface area contributed by atoms with Gasteiger partial charge in [-0.15, -0.1) is 0 Å². The van der Waals surface area contributed by atoms with Crippen molar-refractivity contribution in [1.82, 2.24) is 9.44 Å². The number of phenols is 2. The highest BCUT2D eigenvalue weighted by Gasteiger charge is 2.36. The molecular formula is C28H28N4O8S2. The molecule has 2 saturated heterocycles. The van der Waals surface area contributed by atoms with Crippen molar-refractivity contribution in [3.8, 4) is 11.5 Å². The first kappa shape index (κ1) is 29.0. The Hall–Kier alpha value is -4.56. The first-order valence-electron chi connectivity index (χ1n) is 13.0. The standard InChI is InChI=1S/2C14H14N2O4S/c2*1-2-9-3-4-10-7-13(17)12(6-11(10)5-9)16-8-14(18)15-21(16,19)20/h2*3-7,17H,2,8H2,1H3,(H,15,18). The number of nitrogens with one attached hydrogen (secondary N) is 2. The Morgan fingerprint density at radius 3 is 1.31 bits per heavy atom. The highest BCUT2D eigenvalue weighted by atomic mass is 32.2. The van der Waals surface area contributed by atoms with Gasteiger partial charge in [0.15, 0.2) is 0 Å². The number of hydrogen-bond donors (Lipinski definition) is 4. The van der Waals surface area contributed by atoms with Gasteiger partial charge >= 0.3 is 20.4 Å². The van der Waals surface area contributed by atoms with Crippen LogP contribution in [0.15, 0.2) is 60.7 Å². The Bertz CT molecular complexity index is 1830.